The molecule has 0 aliphatic rings. The first kappa shape index (κ1) is 14.9. The van der Waals surface area contributed by atoms with E-state index in [1.54, 1.807) is 7.11 Å². The third kappa shape index (κ3) is 6.91. The molecule has 0 rings (SSSR count). The summed E-state index contributed by atoms with van der Waals surface area (Å²) in [5.41, 5.74) is 0. The highest BCUT2D eigenvalue weighted by Crippen LogP contribution is 2.18. The van der Waals surface area contributed by atoms with E-state index in [1.807, 2.05) is 0 Å². The van der Waals surface area contributed by atoms with Crippen LogP contribution in [0.5, 0.6) is 0 Å². The minimum atomic E-state index is 0.252. The van der Waals surface area contributed by atoms with Crippen molar-refractivity contribution in [1.29, 1.82) is 0 Å². The summed E-state index contributed by atoms with van der Waals surface area (Å²) in [4.78, 5) is 0. The minimum Gasteiger partial charge on any atom is -0.396 e. The van der Waals surface area contributed by atoms with Crippen molar-refractivity contribution >= 4 is 0 Å². The SMILES string of the molecule is CCCCCCC[C@@H](OC)[C@@H](CC)CO. The van der Waals surface area contributed by atoms with Gasteiger partial charge in [-0.3, -0.25) is 0 Å². The summed E-state index contributed by atoms with van der Waals surface area (Å²) in [7, 11) is 1.76. The highest BCUT2D eigenvalue weighted by atomic mass is 16.5. The van der Waals surface area contributed by atoms with Gasteiger partial charge in [-0.15, -0.1) is 0 Å². The topological polar surface area (TPSA) is 29.5 Å². The molecule has 0 bridgehead atoms. The average molecular weight is 216 g/mol. The smallest absolute Gasteiger partial charge is 0.0621 e. The molecule has 0 aromatic heterocycles. The van der Waals surface area contributed by atoms with Crippen molar-refractivity contribution in [3.63, 3.8) is 0 Å². The lowest BCUT2D eigenvalue weighted by Gasteiger charge is -2.23. The largest absolute Gasteiger partial charge is 0.396 e. The number of aliphatic hydroxyl groups is 1. The molecule has 0 aliphatic carbocycles. The van der Waals surface area contributed by atoms with Crippen LogP contribution in [0.2, 0.25) is 0 Å². The molecule has 2 heteroatoms. The Bertz CT molecular complexity index is 122. The zero-order chi connectivity index (χ0) is 11.5. The van der Waals surface area contributed by atoms with Crippen LogP contribution in [0, 0.1) is 5.92 Å². The molecule has 0 aliphatic heterocycles. The molecule has 15 heavy (non-hydrogen) atoms. The van der Waals surface area contributed by atoms with E-state index in [-0.39, 0.29) is 12.7 Å². The van der Waals surface area contributed by atoms with Crippen LogP contribution in [0.1, 0.15) is 58.8 Å². The second kappa shape index (κ2) is 10.4. The van der Waals surface area contributed by atoms with E-state index < -0.39 is 0 Å². The molecule has 0 saturated heterocycles. The van der Waals surface area contributed by atoms with Crippen molar-refractivity contribution in [2.75, 3.05) is 13.7 Å². The van der Waals surface area contributed by atoms with E-state index in [4.69, 9.17) is 4.74 Å². The van der Waals surface area contributed by atoms with Crippen molar-refractivity contribution in [3.8, 4) is 0 Å². The molecule has 0 unspecified atom stereocenters. The first-order valence-electron chi connectivity index (χ1n) is 6.43. The van der Waals surface area contributed by atoms with E-state index in [0.717, 1.165) is 12.8 Å². The van der Waals surface area contributed by atoms with Gasteiger partial charge in [0, 0.05) is 19.6 Å². The molecule has 2 nitrogen and oxygen atoms in total. The Labute approximate surface area is 95.0 Å². The van der Waals surface area contributed by atoms with Gasteiger partial charge in [-0.25, -0.2) is 0 Å². The van der Waals surface area contributed by atoms with Gasteiger partial charge in [0.15, 0.2) is 0 Å². The molecule has 0 heterocycles. The van der Waals surface area contributed by atoms with E-state index in [2.05, 4.69) is 13.8 Å². The first-order valence-corrected chi connectivity index (χ1v) is 6.43. The van der Waals surface area contributed by atoms with Crippen LogP contribution in [0.15, 0.2) is 0 Å². The Balaban J connectivity index is 3.60. The summed E-state index contributed by atoms with van der Waals surface area (Å²) in [5, 5.41) is 9.19. The molecule has 0 saturated carbocycles. The van der Waals surface area contributed by atoms with E-state index >= 15 is 0 Å². The van der Waals surface area contributed by atoms with Gasteiger partial charge in [0.25, 0.3) is 0 Å². The lowest BCUT2D eigenvalue weighted by atomic mass is 9.95. The van der Waals surface area contributed by atoms with Crippen LogP contribution in [0.25, 0.3) is 0 Å². The average Bonchev–Trinajstić information content (AvgIpc) is 2.27. The lowest BCUT2D eigenvalue weighted by Crippen LogP contribution is -2.25. The van der Waals surface area contributed by atoms with Crippen LogP contribution >= 0.6 is 0 Å². The summed E-state index contributed by atoms with van der Waals surface area (Å²) in [6, 6.07) is 0. The maximum absolute atomic E-state index is 9.19. The highest BCUT2D eigenvalue weighted by molar-refractivity contribution is 4.68. The fourth-order valence-corrected chi connectivity index (χ4v) is 2.00. The second-order valence-electron chi connectivity index (χ2n) is 4.33. The molecule has 0 aromatic carbocycles. The normalized spacial score (nSPS) is 15.2. The molecular weight excluding hydrogens is 188 g/mol. The summed E-state index contributed by atoms with van der Waals surface area (Å²) in [6.07, 6.45) is 8.86. The molecule has 0 amide bonds. The van der Waals surface area contributed by atoms with E-state index in [1.165, 1.54) is 32.1 Å². The fourth-order valence-electron chi connectivity index (χ4n) is 2.00. The fraction of sp³-hybridized carbons (Fsp3) is 1.00. The Kier molecular flexibility index (Phi) is 10.4. The molecule has 0 radical (unpaired) electrons. The van der Waals surface area contributed by atoms with Crippen molar-refractivity contribution in [3.05, 3.63) is 0 Å². The number of hydrogen-bond donors (Lipinski definition) is 1. The molecule has 0 aromatic rings. The van der Waals surface area contributed by atoms with Gasteiger partial charge in [-0.05, 0) is 12.8 Å². The van der Waals surface area contributed by atoms with Crippen molar-refractivity contribution in [2.24, 2.45) is 5.92 Å². The van der Waals surface area contributed by atoms with Gasteiger partial charge >= 0.3 is 0 Å². The van der Waals surface area contributed by atoms with Crippen LogP contribution in [-0.2, 0) is 4.74 Å². The lowest BCUT2D eigenvalue weighted by molar-refractivity contribution is 0.0175. The maximum Gasteiger partial charge on any atom is 0.0621 e. The molecule has 0 fully saturated rings. The van der Waals surface area contributed by atoms with Crippen molar-refractivity contribution in [2.45, 2.75) is 64.9 Å². The summed E-state index contributed by atoms with van der Waals surface area (Å²) in [5.74, 6) is 0.321. The predicted molar refractivity (Wildman–Crippen MR) is 65.0 cm³/mol. The number of ether oxygens (including phenoxy) is 1. The van der Waals surface area contributed by atoms with Crippen LogP contribution in [0.3, 0.4) is 0 Å². The molecule has 92 valence electrons. The van der Waals surface area contributed by atoms with Crippen molar-refractivity contribution < 1.29 is 9.84 Å². The Hall–Kier alpha value is -0.0800. The van der Waals surface area contributed by atoms with Gasteiger partial charge in [-0.1, -0.05) is 46.0 Å². The van der Waals surface area contributed by atoms with Gasteiger partial charge in [-0.2, -0.15) is 0 Å². The summed E-state index contributed by atoms with van der Waals surface area (Å²) in [6.45, 7) is 4.60. The molecule has 2 atom stereocenters. The number of rotatable bonds is 10. The van der Waals surface area contributed by atoms with Gasteiger partial charge < -0.3 is 9.84 Å². The van der Waals surface area contributed by atoms with Gasteiger partial charge in [0.05, 0.1) is 6.10 Å². The summed E-state index contributed by atoms with van der Waals surface area (Å²) < 4.78 is 5.44. The number of methoxy groups -OCH3 is 1. The van der Waals surface area contributed by atoms with Gasteiger partial charge in [0.1, 0.15) is 0 Å². The van der Waals surface area contributed by atoms with Crippen LogP contribution < -0.4 is 0 Å². The minimum absolute atomic E-state index is 0.252. The van der Waals surface area contributed by atoms with Crippen LogP contribution in [-0.4, -0.2) is 24.9 Å². The first-order chi connectivity index (χ1) is 7.29. The zero-order valence-corrected chi connectivity index (χ0v) is 10.7. The zero-order valence-electron chi connectivity index (χ0n) is 10.7. The van der Waals surface area contributed by atoms with Crippen LogP contribution in [0.4, 0.5) is 0 Å². The Morgan fingerprint density at radius 3 is 2.20 bits per heavy atom. The Morgan fingerprint density at radius 1 is 1.07 bits per heavy atom. The highest BCUT2D eigenvalue weighted by Gasteiger charge is 2.17. The number of unbranched alkanes of at least 4 members (excludes halogenated alkanes) is 4. The van der Waals surface area contributed by atoms with Crippen molar-refractivity contribution in [1.82, 2.24) is 0 Å². The monoisotopic (exact) mass is 216 g/mol. The molecule has 0 spiro atoms. The Morgan fingerprint density at radius 2 is 1.73 bits per heavy atom. The third-order valence-corrected chi connectivity index (χ3v) is 3.18. The second-order valence-corrected chi connectivity index (χ2v) is 4.33. The standard InChI is InChI=1S/C13H28O2/c1-4-6-7-8-9-10-13(15-3)12(5-2)11-14/h12-14H,4-11H2,1-3H3/t12-,13+/m0/s1. The summed E-state index contributed by atoms with van der Waals surface area (Å²) >= 11 is 0. The number of aliphatic hydroxyl groups excluding tert-OH is 1. The maximum atomic E-state index is 9.19. The predicted octanol–water partition coefficient (Wildman–Crippen LogP) is 3.38. The molecular formula is C13H28O2. The quantitative estimate of drug-likeness (QED) is 0.567. The van der Waals surface area contributed by atoms with E-state index in [0.29, 0.717) is 5.92 Å². The third-order valence-electron chi connectivity index (χ3n) is 3.18. The number of hydrogen-bond acceptors (Lipinski definition) is 2. The molecule has 1 N–H and O–H groups in total. The van der Waals surface area contributed by atoms with E-state index in [9.17, 15) is 5.11 Å². The van der Waals surface area contributed by atoms with Gasteiger partial charge in [0.2, 0.25) is 0 Å².